The van der Waals surface area contributed by atoms with E-state index in [4.69, 9.17) is 15.9 Å². The number of rotatable bonds is 2. The maximum atomic E-state index is 7.00. The lowest BCUT2D eigenvalue weighted by Crippen LogP contribution is -1.98. The van der Waals surface area contributed by atoms with E-state index < -0.39 is 0 Å². The van der Waals surface area contributed by atoms with Crippen molar-refractivity contribution in [2.75, 3.05) is 20.0 Å². The van der Waals surface area contributed by atoms with Crippen LogP contribution in [-0.4, -0.2) is 34.4 Å². The Kier molecular flexibility index (Phi) is 9.07. The van der Waals surface area contributed by atoms with Gasteiger partial charge in [-0.05, 0) is 11.6 Å². The SMILES string of the molecule is CO.CO.Nc1nccc(Cc2ccccc2)n1. The van der Waals surface area contributed by atoms with E-state index >= 15 is 0 Å². The normalized spacial score (nSPS) is 8.44. The highest BCUT2D eigenvalue weighted by molar-refractivity contribution is 5.24. The van der Waals surface area contributed by atoms with Crippen LogP contribution in [0.4, 0.5) is 5.95 Å². The molecule has 98 valence electrons. The molecule has 2 aromatic rings. The Labute approximate surface area is 107 Å². The number of benzene rings is 1. The van der Waals surface area contributed by atoms with Gasteiger partial charge in [0.25, 0.3) is 0 Å². The highest BCUT2D eigenvalue weighted by atomic mass is 16.2. The molecule has 1 aromatic carbocycles. The molecule has 0 atom stereocenters. The number of hydrogen-bond donors (Lipinski definition) is 3. The van der Waals surface area contributed by atoms with Gasteiger partial charge in [0.1, 0.15) is 0 Å². The van der Waals surface area contributed by atoms with Gasteiger partial charge in [0.05, 0.1) is 5.69 Å². The summed E-state index contributed by atoms with van der Waals surface area (Å²) in [6, 6.07) is 12.0. The summed E-state index contributed by atoms with van der Waals surface area (Å²) in [7, 11) is 2.00. The number of hydrogen-bond acceptors (Lipinski definition) is 5. The zero-order valence-electron chi connectivity index (χ0n) is 10.6. The van der Waals surface area contributed by atoms with E-state index in [9.17, 15) is 0 Å². The van der Waals surface area contributed by atoms with Crippen molar-refractivity contribution < 1.29 is 10.2 Å². The highest BCUT2D eigenvalue weighted by Crippen LogP contribution is 2.06. The van der Waals surface area contributed by atoms with Crippen molar-refractivity contribution in [3.05, 3.63) is 53.9 Å². The fourth-order valence-corrected chi connectivity index (χ4v) is 1.32. The van der Waals surface area contributed by atoms with E-state index in [2.05, 4.69) is 22.1 Å². The molecule has 0 aliphatic rings. The smallest absolute Gasteiger partial charge is 0.220 e. The summed E-state index contributed by atoms with van der Waals surface area (Å²) in [5, 5.41) is 14.0. The number of aliphatic hydroxyl groups is 2. The van der Waals surface area contributed by atoms with Gasteiger partial charge in [-0.2, -0.15) is 0 Å². The van der Waals surface area contributed by atoms with Gasteiger partial charge in [-0.1, -0.05) is 30.3 Å². The maximum absolute atomic E-state index is 7.00. The number of aliphatic hydroxyl groups excluding tert-OH is 2. The first kappa shape index (κ1) is 16.0. The molecule has 0 spiro atoms. The third-order valence-corrected chi connectivity index (χ3v) is 1.96. The molecule has 1 aromatic heterocycles. The summed E-state index contributed by atoms with van der Waals surface area (Å²) >= 11 is 0. The fraction of sp³-hybridized carbons (Fsp3) is 0.231. The Morgan fingerprint density at radius 2 is 1.61 bits per heavy atom. The molecule has 0 saturated heterocycles. The summed E-state index contributed by atoms with van der Waals surface area (Å²) in [5.41, 5.74) is 7.67. The predicted octanol–water partition coefficient (Wildman–Crippen LogP) is 0.867. The van der Waals surface area contributed by atoms with Gasteiger partial charge in [-0.3, -0.25) is 0 Å². The van der Waals surface area contributed by atoms with Crippen LogP contribution in [0.2, 0.25) is 0 Å². The molecule has 0 amide bonds. The van der Waals surface area contributed by atoms with Crippen molar-refractivity contribution in [3.63, 3.8) is 0 Å². The second-order valence-corrected chi connectivity index (χ2v) is 3.07. The molecule has 18 heavy (non-hydrogen) atoms. The van der Waals surface area contributed by atoms with Crippen molar-refractivity contribution >= 4 is 5.95 Å². The minimum Gasteiger partial charge on any atom is -0.400 e. The minimum absolute atomic E-state index is 0.332. The average molecular weight is 249 g/mol. The summed E-state index contributed by atoms with van der Waals surface area (Å²) in [6.07, 6.45) is 2.48. The Morgan fingerprint density at radius 3 is 2.17 bits per heavy atom. The zero-order valence-corrected chi connectivity index (χ0v) is 10.6. The Morgan fingerprint density at radius 1 is 1.00 bits per heavy atom. The van der Waals surface area contributed by atoms with Crippen molar-refractivity contribution in [2.24, 2.45) is 0 Å². The van der Waals surface area contributed by atoms with Crippen LogP contribution in [0.15, 0.2) is 42.6 Å². The summed E-state index contributed by atoms with van der Waals surface area (Å²) in [6.45, 7) is 0. The second kappa shape index (κ2) is 10.2. The van der Waals surface area contributed by atoms with Gasteiger partial charge in [0.2, 0.25) is 5.95 Å². The van der Waals surface area contributed by atoms with E-state index in [0.29, 0.717) is 5.95 Å². The lowest BCUT2D eigenvalue weighted by molar-refractivity contribution is 0.399. The summed E-state index contributed by atoms with van der Waals surface area (Å²) in [4.78, 5) is 7.98. The predicted molar refractivity (Wildman–Crippen MR) is 72.0 cm³/mol. The minimum atomic E-state index is 0.332. The second-order valence-electron chi connectivity index (χ2n) is 3.07. The molecule has 0 radical (unpaired) electrons. The topological polar surface area (TPSA) is 92.3 Å². The third kappa shape index (κ3) is 5.93. The van der Waals surface area contributed by atoms with Gasteiger partial charge in [-0.15, -0.1) is 0 Å². The van der Waals surface area contributed by atoms with Crippen molar-refractivity contribution in [1.29, 1.82) is 0 Å². The van der Waals surface area contributed by atoms with Crippen molar-refractivity contribution in [1.82, 2.24) is 9.97 Å². The average Bonchev–Trinajstić information content (AvgIpc) is 2.44. The lowest BCUT2D eigenvalue weighted by Gasteiger charge is -2.00. The first-order chi connectivity index (χ1) is 8.84. The summed E-state index contributed by atoms with van der Waals surface area (Å²) < 4.78 is 0. The molecule has 2 rings (SSSR count). The molecule has 4 N–H and O–H groups in total. The Hall–Kier alpha value is -1.98. The molecule has 0 fully saturated rings. The standard InChI is InChI=1S/C11H11N3.2CH4O/c12-11-13-7-6-10(14-11)8-9-4-2-1-3-5-9;2*1-2/h1-7H,8H2,(H2,12,13,14);2*2H,1H3. The van der Waals surface area contributed by atoms with Gasteiger partial charge in [0.15, 0.2) is 0 Å². The van der Waals surface area contributed by atoms with Crippen LogP contribution < -0.4 is 5.73 Å². The van der Waals surface area contributed by atoms with Crippen LogP contribution in [-0.2, 0) is 6.42 Å². The summed E-state index contributed by atoms with van der Waals surface area (Å²) in [5.74, 6) is 0.332. The first-order valence-electron chi connectivity index (χ1n) is 5.35. The third-order valence-electron chi connectivity index (χ3n) is 1.96. The first-order valence-corrected chi connectivity index (χ1v) is 5.35. The quantitative estimate of drug-likeness (QED) is 0.734. The van der Waals surface area contributed by atoms with E-state index in [0.717, 1.165) is 26.3 Å². The zero-order chi connectivity index (χ0) is 13.8. The number of aromatic nitrogens is 2. The van der Waals surface area contributed by atoms with Crippen molar-refractivity contribution in [3.8, 4) is 0 Å². The Balaban J connectivity index is 0.000000659. The molecule has 0 aliphatic heterocycles. The number of anilines is 1. The van der Waals surface area contributed by atoms with Crippen LogP contribution >= 0.6 is 0 Å². The molecule has 0 aliphatic carbocycles. The Bertz CT molecular complexity index is 422. The molecule has 0 bridgehead atoms. The maximum Gasteiger partial charge on any atom is 0.220 e. The highest BCUT2D eigenvalue weighted by Gasteiger charge is 1.97. The van der Waals surface area contributed by atoms with Gasteiger partial charge in [-0.25, -0.2) is 9.97 Å². The van der Waals surface area contributed by atoms with E-state index in [1.807, 2.05) is 24.3 Å². The fourth-order valence-electron chi connectivity index (χ4n) is 1.32. The molecule has 1 heterocycles. The van der Waals surface area contributed by atoms with Crippen LogP contribution in [0.3, 0.4) is 0 Å². The molecule has 0 saturated carbocycles. The van der Waals surface area contributed by atoms with Crippen molar-refractivity contribution in [2.45, 2.75) is 6.42 Å². The van der Waals surface area contributed by atoms with Gasteiger partial charge in [0, 0.05) is 26.8 Å². The van der Waals surface area contributed by atoms with E-state index in [-0.39, 0.29) is 0 Å². The number of nitrogen functional groups attached to an aromatic ring is 1. The lowest BCUT2D eigenvalue weighted by atomic mass is 10.1. The largest absolute Gasteiger partial charge is 0.400 e. The number of nitrogens with zero attached hydrogens (tertiary/aromatic N) is 2. The monoisotopic (exact) mass is 249 g/mol. The molecular formula is C13H19N3O2. The van der Waals surface area contributed by atoms with Crippen LogP contribution in [0.25, 0.3) is 0 Å². The van der Waals surface area contributed by atoms with E-state index in [1.54, 1.807) is 6.20 Å². The molecular weight excluding hydrogens is 230 g/mol. The molecule has 0 unspecified atom stereocenters. The molecule has 5 heteroatoms. The van der Waals surface area contributed by atoms with Crippen LogP contribution in [0.1, 0.15) is 11.3 Å². The van der Waals surface area contributed by atoms with Gasteiger partial charge < -0.3 is 15.9 Å². The van der Waals surface area contributed by atoms with Gasteiger partial charge >= 0.3 is 0 Å². The number of nitrogens with two attached hydrogens (primary N) is 1. The molecule has 5 nitrogen and oxygen atoms in total. The van der Waals surface area contributed by atoms with Crippen LogP contribution in [0.5, 0.6) is 0 Å². The van der Waals surface area contributed by atoms with E-state index in [1.165, 1.54) is 5.56 Å². The van der Waals surface area contributed by atoms with Crippen LogP contribution in [0, 0.1) is 0 Å².